The number of nitrogens with zero attached hydrogens (tertiary/aromatic N) is 2. The van der Waals surface area contributed by atoms with Gasteiger partial charge in [-0.2, -0.15) is 0 Å². The summed E-state index contributed by atoms with van der Waals surface area (Å²) in [6, 6.07) is 18.5. The molecular weight excluding hydrogens is 328 g/mol. The van der Waals surface area contributed by atoms with Crippen LogP contribution < -0.4 is 10.6 Å². The first-order chi connectivity index (χ1) is 12.7. The summed E-state index contributed by atoms with van der Waals surface area (Å²) in [5.41, 5.74) is 1.35. The van der Waals surface area contributed by atoms with Gasteiger partial charge in [-0.3, -0.25) is 19.4 Å². The van der Waals surface area contributed by atoms with Crippen LogP contribution in [0.2, 0.25) is 0 Å². The van der Waals surface area contributed by atoms with Crippen LogP contribution >= 0.6 is 0 Å². The molecule has 1 fully saturated rings. The number of piperazine rings is 1. The molecular formula is C20H24N4O2. The summed E-state index contributed by atoms with van der Waals surface area (Å²) < 4.78 is 0. The van der Waals surface area contributed by atoms with Crippen molar-refractivity contribution in [1.82, 2.24) is 20.4 Å². The zero-order chi connectivity index (χ0) is 18.2. The van der Waals surface area contributed by atoms with Gasteiger partial charge in [0.2, 0.25) is 0 Å². The minimum atomic E-state index is -0.0526. The van der Waals surface area contributed by atoms with E-state index in [0.717, 1.165) is 26.2 Å². The van der Waals surface area contributed by atoms with Crippen LogP contribution in [0.5, 0.6) is 0 Å². The fourth-order valence-electron chi connectivity index (χ4n) is 2.86. The largest absolute Gasteiger partial charge is 0.339 e. The molecule has 1 saturated heterocycles. The minimum Gasteiger partial charge on any atom is -0.339 e. The van der Waals surface area contributed by atoms with Crippen molar-refractivity contribution in [3.05, 3.63) is 71.8 Å². The van der Waals surface area contributed by atoms with Crippen LogP contribution in [0.4, 0.5) is 0 Å². The Labute approximate surface area is 153 Å². The number of hydrogen-bond acceptors (Lipinski definition) is 4. The van der Waals surface area contributed by atoms with Gasteiger partial charge in [0, 0.05) is 37.3 Å². The van der Waals surface area contributed by atoms with Crippen LogP contribution in [0.1, 0.15) is 20.7 Å². The molecule has 0 aromatic heterocycles. The van der Waals surface area contributed by atoms with Crippen LogP contribution in [0.3, 0.4) is 0 Å². The van der Waals surface area contributed by atoms with Crippen molar-refractivity contribution in [3.63, 3.8) is 0 Å². The molecule has 0 aliphatic carbocycles. The number of hydrogen-bond donors (Lipinski definition) is 2. The van der Waals surface area contributed by atoms with Crippen LogP contribution in [-0.4, -0.2) is 61.1 Å². The summed E-state index contributed by atoms with van der Waals surface area (Å²) >= 11 is 0. The van der Waals surface area contributed by atoms with E-state index in [9.17, 15) is 9.59 Å². The van der Waals surface area contributed by atoms with E-state index in [0.29, 0.717) is 24.5 Å². The molecule has 26 heavy (non-hydrogen) atoms. The van der Waals surface area contributed by atoms with Crippen LogP contribution in [-0.2, 0) is 0 Å². The first kappa shape index (κ1) is 18.1. The number of rotatable bonds is 6. The zero-order valence-corrected chi connectivity index (χ0v) is 14.7. The molecule has 0 radical (unpaired) electrons. The second kappa shape index (κ2) is 9.12. The fourth-order valence-corrected chi connectivity index (χ4v) is 2.86. The molecule has 2 amide bonds. The van der Waals surface area contributed by atoms with Gasteiger partial charge in [-0.15, -0.1) is 0 Å². The Morgan fingerprint density at radius 2 is 1.00 bits per heavy atom. The Kier molecular flexibility index (Phi) is 6.35. The Bertz CT molecular complexity index is 650. The fraction of sp³-hybridized carbons (Fsp3) is 0.300. The highest BCUT2D eigenvalue weighted by Crippen LogP contribution is 2.02. The quantitative estimate of drug-likeness (QED) is 0.824. The van der Waals surface area contributed by atoms with E-state index in [-0.39, 0.29) is 11.8 Å². The second-order valence-corrected chi connectivity index (χ2v) is 6.30. The predicted octanol–water partition coefficient (Wildman–Crippen LogP) is 1.38. The van der Waals surface area contributed by atoms with Crippen LogP contribution in [0.15, 0.2) is 60.7 Å². The molecule has 0 saturated carbocycles. The maximum atomic E-state index is 12.1. The lowest BCUT2D eigenvalue weighted by atomic mass is 10.2. The summed E-state index contributed by atoms with van der Waals surface area (Å²) in [7, 11) is 0. The van der Waals surface area contributed by atoms with E-state index in [4.69, 9.17) is 0 Å². The highest BCUT2D eigenvalue weighted by atomic mass is 16.2. The smallest absolute Gasteiger partial charge is 0.252 e. The molecule has 6 nitrogen and oxygen atoms in total. The number of benzene rings is 2. The molecule has 0 unspecified atom stereocenters. The summed E-state index contributed by atoms with van der Waals surface area (Å²) in [6.07, 6.45) is 0. The van der Waals surface area contributed by atoms with Crippen molar-refractivity contribution in [3.8, 4) is 0 Å². The van der Waals surface area contributed by atoms with E-state index in [1.807, 2.05) is 60.7 Å². The molecule has 1 heterocycles. The normalized spacial score (nSPS) is 15.4. The van der Waals surface area contributed by atoms with Gasteiger partial charge in [0.15, 0.2) is 0 Å². The summed E-state index contributed by atoms with van der Waals surface area (Å²) in [5.74, 6) is -0.105. The van der Waals surface area contributed by atoms with E-state index in [1.54, 1.807) is 0 Å². The maximum Gasteiger partial charge on any atom is 0.252 e. The van der Waals surface area contributed by atoms with Gasteiger partial charge in [0.05, 0.1) is 13.3 Å². The van der Waals surface area contributed by atoms with Gasteiger partial charge in [0.1, 0.15) is 0 Å². The average molecular weight is 352 g/mol. The van der Waals surface area contributed by atoms with Gasteiger partial charge >= 0.3 is 0 Å². The maximum absolute atomic E-state index is 12.1. The summed E-state index contributed by atoms with van der Waals surface area (Å²) in [5, 5.41) is 5.91. The number of carbonyl (C=O) groups excluding carboxylic acids is 2. The Morgan fingerprint density at radius 3 is 1.35 bits per heavy atom. The highest BCUT2D eigenvalue weighted by Gasteiger charge is 2.18. The Morgan fingerprint density at radius 1 is 0.654 bits per heavy atom. The molecule has 2 aromatic rings. The third kappa shape index (κ3) is 5.15. The molecule has 6 heteroatoms. The first-order valence-electron chi connectivity index (χ1n) is 8.83. The monoisotopic (exact) mass is 352 g/mol. The molecule has 136 valence electrons. The topological polar surface area (TPSA) is 64.7 Å². The SMILES string of the molecule is O=C(NCN1CCN(CNC(=O)c2ccccc2)CC1)c1ccccc1. The van der Waals surface area contributed by atoms with E-state index in [1.165, 1.54) is 0 Å². The molecule has 3 rings (SSSR count). The van der Waals surface area contributed by atoms with Gasteiger partial charge in [-0.25, -0.2) is 0 Å². The molecule has 0 spiro atoms. The van der Waals surface area contributed by atoms with Crippen molar-refractivity contribution in [2.24, 2.45) is 0 Å². The van der Waals surface area contributed by atoms with Crippen molar-refractivity contribution >= 4 is 11.8 Å². The zero-order valence-electron chi connectivity index (χ0n) is 14.7. The predicted molar refractivity (Wildman–Crippen MR) is 101 cm³/mol. The first-order valence-corrected chi connectivity index (χ1v) is 8.83. The molecule has 0 bridgehead atoms. The number of nitrogens with one attached hydrogen (secondary N) is 2. The van der Waals surface area contributed by atoms with Crippen molar-refractivity contribution in [2.75, 3.05) is 39.5 Å². The van der Waals surface area contributed by atoms with Crippen LogP contribution in [0, 0.1) is 0 Å². The van der Waals surface area contributed by atoms with Crippen LogP contribution in [0.25, 0.3) is 0 Å². The standard InChI is InChI=1S/C20H24N4O2/c25-19(17-7-3-1-4-8-17)21-15-23-11-13-24(14-12-23)16-22-20(26)18-9-5-2-6-10-18/h1-10H,11-16H2,(H,21,25)(H,22,26). The molecule has 1 aliphatic rings. The van der Waals surface area contributed by atoms with Crippen molar-refractivity contribution in [2.45, 2.75) is 0 Å². The second-order valence-electron chi connectivity index (χ2n) is 6.30. The Hall–Kier alpha value is -2.70. The molecule has 2 aromatic carbocycles. The molecule has 0 atom stereocenters. The summed E-state index contributed by atoms with van der Waals surface area (Å²) in [6.45, 7) is 4.51. The van der Waals surface area contributed by atoms with E-state index >= 15 is 0 Å². The minimum absolute atomic E-state index is 0.0526. The van der Waals surface area contributed by atoms with Gasteiger partial charge < -0.3 is 10.6 Å². The number of carbonyl (C=O) groups is 2. The van der Waals surface area contributed by atoms with Crippen molar-refractivity contribution in [1.29, 1.82) is 0 Å². The van der Waals surface area contributed by atoms with Gasteiger partial charge in [-0.1, -0.05) is 36.4 Å². The van der Waals surface area contributed by atoms with E-state index < -0.39 is 0 Å². The lowest BCUT2D eigenvalue weighted by Gasteiger charge is -2.34. The molecule has 1 aliphatic heterocycles. The summed E-state index contributed by atoms with van der Waals surface area (Å²) in [4.78, 5) is 28.5. The third-order valence-electron chi connectivity index (χ3n) is 4.46. The molecule has 2 N–H and O–H groups in total. The third-order valence-corrected chi connectivity index (χ3v) is 4.46. The van der Waals surface area contributed by atoms with E-state index in [2.05, 4.69) is 20.4 Å². The highest BCUT2D eigenvalue weighted by molar-refractivity contribution is 5.94. The van der Waals surface area contributed by atoms with Gasteiger partial charge in [-0.05, 0) is 24.3 Å². The van der Waals surface area contributed by atoms with Crippen molar-refractivity contribution < 1.29 is 9.59 Å². The Balaban J connectivity index is 1.35. The lowest BCUT2D eigenvalue weighted by Crippen LogP contribution is -2.52. The number of amides is 2. The lowest BCUT2D eigenvalue weighted by molar-refractivity contribution is 0.0810. The average Bonchev–Trinajstić information content (AvgIpc) is 2.72. The van der Waals surface area contributed by atoms with Gasteiger partial charge in [0.25, 0.3) is 11.8 Å².